The number of halogens is 2. The van der Waals surface area contributed by atoms with Crippen LogP contribution in [-0.2, 0) is 24.8 Å². The molecule has 342 valence electrons. The summed E-state index contributed by atoms with van der Waals surface area (Å²) in [6.45, 7) is 4.94. The number of nitrogens with zero attached hydrogens (tertiary/aromatic N) is 6. The van der Waals surface area contributed by atoms with Gasteiger partial charge in [-0.25, -0.2) is 44.7 Å². The Morgan fingerprint density at radius 2 is 1.10 bits per heavy atom. The molecule has 17 heteroatoms. The number of fused-ring (bicyclic) bond motifs is 2. The van der Waals surface area contributed by atoms with Crippen LogP contribution >= 0.6 is 23.2 Å². The molecule has 3 atom stereocenters. The fourth-order valence-electron chi connectivity index (χ4n) is 9.19. The fourth-order valence-corrected chi connectivity index (χ4v) is 12.4. The monoisotopic (exact) mass is 972 g/mol. The summed E-state index contributed by atoms with van der Waals surface area (Å²) < 4.78 is 62.0. The number of aromatic nitrogens is 6. The van der Waals surface area contributed by atoms with Gasteiger partial charge in [-0.05, 0) is 87.8 Å². The van der Waals surface area contributed by atoms with E-state index in [1.165, 1.54) is 13.5 Å². The number of anilines is 2. The molecule has 4 aromatic carbocycles. The molecule has 1 unspecified atom stereocenters. The Morgan fingerprint density at radius 3 is 1.60 bits per heavy atom. The minimum absolute atomic E-state index is 0.0321. The number of hydrogen-bond donors (Lipinski definition) is 2. The third-order valence-corrected chi connectivity index (χ3v) is 16.5. The second kappa shape index (κ2) is 18.2. The quantitative estimate of drug-likeness (QED) is 0.0989. The Kier molecular flexibility index (Phi) is 12.1. The van der Waals surface area contributed by atoms with E-state index in [1.54, 1.807) is 97.6 Å². The highest BCUT2D eigenvalue weighted by Gasteiger charge is 2.48. The summed E-state index contributed by atoms with van der Waals surface area (Å²) in [5.41, 5.74) is 4.62. The van der Waals surface area contributed by atoms with Gasteiger partial charge < -0.3 is 15.4 Å². The molecule has 2 saturated carbocycles. The zero-order valence-electron chi connectivity index (χ0n) is 36.2. The molecule has 1 spiro atoms. The van der Waals surface area contributed by atoms with E-state index < -0.39 is 20.0 Å². The number of hydrogen-bond acceptors (Lipinski definition) is 11. The van der Waals surface area contributed by atoms with Gasteiger partial charge in [0.2, 0.25) is 11.9 Å². The molecule has 0 amide bonds. The van der Waals surface area contributed by atoms with Crippen molar-refractivity contribution in [1.29, 1.82) is 0 Å². The van der Waals surface area contributed by atoms with Gasteiger partial charge in [-0.1, -0.05) is 108 Å². The standard InChI is InChI=1S/C25H23ClN4O3S.C25H23ClN4O2S/c26-21-14-27-24(28-17-7-6-12-25(13-17)16-33-25)29-23(21)20-15-30(22-11-5-4-10-19(20)22)34(31,32)18-8-2-1-3-9-18;1-17-8-7-9-18(14-17)28-25-27-15-22(26)24(29-25)21-16-30(23-13-6-5-12-20(21)23)33(31,32)19-10-3-2-4-11-19/h1-5,8-11,14-15,17H,6-7,12-13,16H2,(H,27,28,29);2-6,10-13,15-16,18H,1,7-9,14H2,(H,27,28,29)/t17-,25?;18-/m11/s1. The van der Waals surface area contributed by atoms with Crippen molar-refractivity contribution in [2.75, 3.05) is 17.2 Å². The molecule has 1 saturated heterocycles. The lowest BCUT2D eigenvalue weighted by atomic mass is 9.86. The van der Waals surface area contributed by atoms with Gasteiger partial charge in [-0.2, -0.15) is 0 Å². The lowest BCUT2D eigenvalue weighted by molar-refractivity contribution is 0.226. The third-order valence-electron chi connectivity index (χ3n) is 12.6. The largest absolute Gasteiger partial charge is 0.370 e. The van der Waals surface area contributed by atoms with Gasteiger partial charge in [0.25, 0.3) is 20.0 Å². The summed E-state index contributed by atoms with van der Waals surface area (Å²) in [6, 6.07) is 31.9. The molecule has 1 aliphatic heterocycles. The Morgan fingerprint density at radius 1 is 0.642 bits per heavy atom. The summed E-state index contributed by atoms with van der Waals surface area (Å²) in [6.07, 6.45) is 14.5. The molecule has 11 rings (SSSR count). The molecule has 3 fully saturated rings. The first-order chi connectivity index (χ1) is 32.4. The summed E-state index contributed by atoms with van der Waals surface area (Å²) in [4.78, 5) is 18.6. The van der Waals surface area contributed by atoms with Gasteiger partial charge in [0.05, 0.1) is 66.9 Å². The molecule has 4 aromatic heterocycles. The summed E-state index contributed by atoms with van der Waals surface area (Å²) >= 11 is 13.1. The van der Waals surface area contributed by atoms with E-state index in [9.17, 15) is 16.8 Å². The maximum atomic E-state index is 13.4. The zero-order chi connectivity index (χ0) is 46.3. The predicted molar refractivity (Wildman–Crippen MR) is 264 cm³/mol. The van der Waals surface area contributed by atoms with Crippen molar-refractivity contribution in [1.82, 2.24) is 27.9 Å². The topological polar surface area (TPSA) is 166 Å². The first-order valence-electron chi connectivity index (χ1n) is 22.1. The minimum atomic E-state index is -3.80. The highest BCUT2D eigenvalue weighted by atomic mass is 35.5. The third kappa shape index (κ3) is 9.06. The molecule has 0 bridgehead atoms. The Labute approximate surface area is 399 Å². The van der Waals surface area contributed by atoms with Crippen molar-refractivity contribution in [3.8, 4) is 22.5 Å². The van der Waals surface area contributed by atoms with Crippen LogP contribution in [0.2, 0.25) is 10.0 Å². The molecule has 2 N–H and O–H groups in total. The van der Waals surface area contributed by atoms with Crippen molar-refractivity contribution in [3.05, 3.63) is 156 Å². The van der Waals surface area contributed by atoms with E-state index in [0.717, 1.165) is 68.7 Å². The molecule has 5 heterocycles. The number of rotatable bonds is 10. The van der Waals surface area contributed by atoms with Crippen LogP contribution in [0.3, 0.4) is 0 Å². The minimum Gasteiger partial charge on any atom is -0.370 e. The summed E-state index contributed by atoms with van der Waals surface area (Å²) in [5.74, 6) is 0.946. The van der Waals surface area contributed by atoms with Crippen LogP contribution in [0.5, 0.6) is 0 Å². The van der Waals surface area contributed by atoms with Gasteiger partial charge >= 0.3 is 0 Å². The molecule has 13 nitrogen and oxygen atoms in total. The number of epoxide rings is 1. The van der Waals surface area contributed by atoms with Gasteiger partial charge in [-0.15, -0.1) is 0 Å². The van der Waals surface area contributed by atoms with Crippen LogP contribution in [0.25, 0.3) is 44.3 Å². The molecule has 0 radical (unpaired) electrons. The smallest absolute Gasteiger partial charge is 0.268 e. The van der Waals surface area contributed by atoms with Crippen molar-refractivity contribution >= 4 is 77.0 Å². The van der Waals surface area contributed by atoms with Crippen LogP contribution < -0.4 is 10.6 Å². The van der Waals surface area contributed by atoms with Gasteiger partial charge in [-0.3, -0.25) is 0 Å². The first kappa shape index (κ1) is 44.7. The van der Waals surface area contributed by atoms with Crippen LogP contribution in [-0.4, -0.2) is 69.0 Å². The highest BCUT2D eigenvalue weighted by molar-refractivity contribution is 7.90. The fraction of sp³-hybridized carbons (Fsp3) is 0.240. The van der Waals surface area contributed by atoms with E-state index in [-0.39, 0.29) is 27.5 Å². The zero-order valence-corrected chi connectivity index (χ0v) is 39.4. The Bertz CT molecular complexity index is 3380. The second-order valence-corrected chi connectivity index (χ2v) is 21.7. The average Bonchev–Trinajstić information content (AvgIpc) is 3.77. The lowest BCUT2D eigenvalue weighted by Crippen LogP contribution is -2.32. The summed E-state index contributed by atoms with van der Waals surface area (Å²) in [5, 5.41) is 9.04. The SMILES string of the molecule is C=C1CCC[C@@H](Nc2ncc(Cl)c(-c3cn(S(=O)(=O)c4ccccc4)c4ccccc34)n2)C1.O=S(=O)(c1ccccc1)n1cc(-c2nc(N[C@@H]3CCCC4(CO4)C3)ncc2Cl)c2ccccc21. The molecule has 67 heavy (non-hydrogen) atoms. The van der Waals surface area contributed by atoms with Crippen molar-refractivity contribution < 1.29 is 21.6 Å². The molecular formula is C50H46Cl2N8O5S2. The number of para-hydroxylation sites is 2. The Balaban J connectivity index is 0.000000157. The van der Waals surface area contributed by atoms with Crippen LogP contribution in [0.4, 0.5) is 11.9 Å². The van der Waals surface area contributed by atoms with E-state index >= 15 is 0 Å². The van der Waals surface area contributed by atoms with Gasteiger partial charge in [0.1, 0.15) is 0 Å². The van der Waals surface area contributed by atoms with Crippen molar-refractivity contribution in [2.24, 2.45) is 0 Å². The van der Waals surface area contributed by atoms with Crippen LogP contribution in [0.1, 0.15) is 51.4 Å². The van der Waals surface area contributed by atoms with E-state index in [1.807, 2.05) is 36.4 Å². The summed E-state index contributed by atoms with van der Waals surface area (Å²) in [7, 11) is -7.60. The first-order valence-corrected chi connectivity index (χ1v) is 25.7. The number of benzene rings is 4. The highest BCUT2D eigenvalue weighted by Crippen LogP contribution is 2.43. The average molecular weight is 974 g/mol. The Hall–Kier alpha value is -6.10. The van der Waals surface area contributed by atoms with E-state index in [0.29, 0.717) is 55.5 Å². The van der Waals surface area contributed by atoms with E-state index in [2.05, 4.69) is 32.2 Å². The lowest BCUT2D eigenvalue weighted by Gasteiger charge is -2.27. The van der Waals surface area contributed by atoms with Crippen molar-refractivity contribution in [3.63, 3.8) is 0 Å². The van der Waals surface area contributed by atoms with Crippen LogP contribution in [0.15, 0.2) is 156 Å². The normalized spacial score (nSPS) is 19.5. The molecular weight excluding hydrogens is 928 g/mol. The number of ether oxygens (including phenoxy) is 1. The van der Waals surface area contributed by atoms with E-state index in [4.69, 9.17) is 32.9 Å². The van der Waals surface area contributed by atoms with Crippen LogP contribution in [0, 0.1) is 0 Å². The second-order valence-electron chi connectivity index (χ2n) is 17.2. The molecule has 3 aliphatic rings. The molecule has 2 aliphatic carbocycles. The number of nitrogens with one attached hydrogen (secondary N) is 2. The maximum absolute atomic E-state index is 13.4. The molecule has 8 aromatic rings. The van der Waals surface area contributed by atoms with Gasteiger partial charge in [0, 0.05) is 46.4 Å². The van der Waals surface area contributed by atoms with Gasteiger partial charge in [0.15, 0.2) is 0 Å². The maximum Gasteiger partial charge on any atom is 0.268 e. The predicted octanol–water partition coefficient (Wildman–Crippen LogP) is 11.0. The van der Waals surface area contributed by atoms with Crippen molar-refractivity contribution in [2.45, 2.75) is 78.8 Å².